The first-order chi connectivity index (χ1) is 5.91. The summed E-state index contributed by atoms with van der Waals surface area (Å²) < 4.78 is 25.1. The molecular weight excluding hydrogens is 172 g/mol. The molecule has 0 amide bonds. The van der Waals surface area contributed by atoms with Crippen LogP contribution in [0.1, 0.15) is 33.6 Å². The Labute approximate surface area is 79.1 Å². The highest BCUT2D eigenvalue weighted by Crippen LogP contribution is 2.33. The van der Waals surface area contributed by atoms with Crippen LogP contribution in [0.5, 0.6) is 0 Å². The monoisotopic (exact) mass is 191 g/mol. The number of hydrogen-bond acceptors (Lipinski definition) is 1. The van der Waals surface area contributed by atoms with Crippen molar-refractivity contribution in [1.29, 1.82) is 0 Å². The van der Waals surface area contributed by atoms with Crippen molar-refractivity contribution in [1.82, 2.24) is 4.90 Å². The highest BCUT2D eigenvalue weighted by atomic mass is 19.3. The van der Waals surface area contributed by atoms with E-state index in [2.05, 4.69) is 20.8 Å². The first-order valence-electron chi connectivity index (χ1n) is 5.01. The Balaban J connectivity index is 2.34. The topological polar surface area (TPSA) is 3.24 Å². The van der Waals surface area contributed by atoms with E-state index in [1.807, 2.05) is 4.90 Å². The van der Waals surface area contributed by atoms with Crippen LogP contribution in [0, 0.1) is 5.41 Å². The summed E-state index contributed by atoms with van der Waals surface area (Å²) in [4.78, 5) is 1.85. The molecule has 0 spiro atoms. The lowest BCUT2D eigenvalue weighted by Gasteiger charge is -2.43. The summed E-state index contributed by atoms with van der Waals surface area (Å²) in [6.45, 7) is 7.16. The van der Waals surface area contributed by atoms with E-state index in [1.165, 1.54) is 0 Å². The van der Waals surface area contributed by atoms with Gasteiger partial charge in [0.05, 0.1) is 13.1 Å². The first kappa shape index (κ1) is 10.9. The molecule has 0 atom stereocenters. The number of hydrogen-bond donors (Lipinski definition) is 0. The van der Waals surface area contributed by atoms with E-state index in [-0.39, 0.29) is 18.5 Å². The second-order valence-corrected chi connectivity index (χ2v) is 4.52. The van der Waals surface area contributed by atoms with E-state index in [4.69, 9.17) is 0 Å². The average molecular weight is 191 g/mol. The van der Waals surface area contributed by atoms with Gasteiger partial charge in [-0.25, -0.2) is 8.78 Å². The Morgan fingerprint density at radius 3 is 2.00 bits per heavy atom. The molecule has 13 heavy (non-hydrogen) atoms. The molecule has 1 aliphatic rings. The van der Waals surface area contributed by atoms with Crippen molar-refractivity contribution in [3.05, 3.63) is 0 Å². The molecule has 0 bridgehead atoms. The molecule has 1 aliphatic heterocycles. The molecule has 1 nitrogen and oxygen atoms in total. The van der Waals surface area contributed by atoms with Gasteiger partial charge in [0.2, 0.25) is 0 Å². The van der Waals surface area contributed by atoms with E-state index < -0.39 is 5.92 Å². The van der Waals surface area contributed by atoms with Crippen molar-refractivity contribution in [3.63, 3.8) is 0 Å². The third-order valence-electron chi connectivity index (χ3n) is 3.22. The summed E-state index contributed by atoms with van der Waals surface area (Å²) >= 11 is 0. The van der Waals surface area contributed by atoms with Crippen LogP contribution in [0.3, 0.4) is 0 Å². The summed E-state index contributed by atoms with van der Waals surface area (Å²) in [6.07, 6.45) is 2.12. The fourth-order valence-electron chi connectivity index (χ4n) is 1.73. The average Bonchev–Trinajstić information content (AvgIpc) is 2.01. The Morgan fingerprint density at radius 2 is 1.69 bits per heavy atom. The predicted octanol–water partition coefficient (Wildman–Crippen LogP) is 2.76. The van der Waals surface area contributed by atoms with E-state index in [0.717, 1.165) is 19.4 Å². The smallest absolute Gasteiger partial charge is 0.272 e. The fraction of sp³-hybridized carbons (Fsp3) is 1.00. The maximum Gasteiger partial charge on any atom is 0.272 e. The molecule has 0 aromatic carbocycles. The van der Waals surface area contributed by atoms with Gasteiger partial charge in [-0.2, -0.15) is 0 Å². The van der Waals surface area contributed by atoms with Crippen LogP contribution in [-0.2, 0) is 0 Å². The molecule has 0 saturated carbocycles. The van der Waals surface area contributed by atoms with Crippen LogP contribution >= 0.6 is 0 Å². The zero-order valence-corrected chi connectivity index (χ0v) is 8.74. The van der Waals surface area contributed by atoms with Gasteiger partial charge in [-0.1, -0.05) is 20.8 Å². The molecule has 0 aliphatic carbocycles. The minimum absolute atomic E-state index is 0.0391. The molecule has 0 radical (unpaired) electrons. The summed E-state index contributed by atoms with van der Waals surface area (Å²) in [5, 5.41) is 0. The molecule has 0 unspecified atom stereocenters. The highest BCUT2D eigenvalue weighted by molar-refractivity contribution is 4.90. The van der Waals surface area contributed by atoms with Gasteiger partial charge < -0.3 is 0 Å². The van der Waals surface area contributed by atoms with Gasteiger partial charge >= 0.3 is 0 Å². The molecule has 0 N–H and O–H groups in total. The Hall–Kier alpha value is -0.180. The summed E-state index contributed by atoms with van der Waals surface area (Å²) in [6, 6.07) is 0. The van der Waals surface area contributed by atoms with Crippen molar-refractivity contribution in [3.8, 4) is 0 Å². The maximum atomic E-state index is 12.5. The van der Waals surface area contributed by atoms with Gasteiger partial charge in [-0.3, -0.25) is 4.90 Å². The fourth-order valence-corrected chi connectivity index (χ4v) is 1.73. The van der Waals surface area contributed by atoms with Crippen LogP contribution in [0.25, 0.3) is 0 Å². The van der Waals surface area contributed by atoms with E-state index in [0.29, 0.717) is 0 Å². The van der Waals surface area contributed by atoms with Crippen LogP contribution in [0.2, 0.25) is 0 Å². The zero-order chi connectivity index (χ0) is 10.1. The van der Waals surface area contributed by atoms with Crippen molar-refractivity contribution in [2.75, 3.05) is 19.6 Å². The van der Waals surface area contributed by atoms with Crippen molar-refractivity contribution < 1.29 is 8.78 Å². The maximum absolute atomic E-state index is 12.5. The number of alkyl halides is 2. The van der Waals surface area contributed by atoms with Crippen molar-refractivity contribution in [2.45, 2.75) is 39.5 Å². The second kappa shape index (κ2) is 3.52. The molecule has 1 heterocycles. The standard InChI is InChI=1S/C10H19F2N/c1-4-9(3,5-2)6-13-7-10(11,12)8-13/h4-8H2,1-3H3. The third kappa shape index (κ3) is 2.63. The van der Waals surface area contributed by atoms with Gasteiger partial charge in [0.25, 0.3) is 5.92 Å². The lowest BCUT2D eigenvalue weighted by molar-refractivity contribution is -0.140. The number of halogens is 2. The van der Waals surface area contributed by atoms with Gasteiger partial charge in [-0.15, -0.1) is 0 Å². The molecule has 0 aromatic rings. The van der Waals surface area contributed by atoms with E-state index in [9.17, 15) is 8.78 Å². The largest absolute Gasteiger partial charge is 0.291 e. The zero-order valence-electron chi connectivity index (χ0n) is 8.74. The Morgan fingerprint density at radius 1 is 1.23 bits per heavy atom. The van der Waals surface area contributed by atoms with Gasteiger partial charge in [0.1, 0.15) is 0 Å². The highest BCUT2D eigenvalue weighted by Gasteiger charge is 2.45. The van der Waals surface area contributed by atoms with Crippen molar-refractivity contribution in [2.24, 2.45) is 5.41 Å². The van der Waals surface area contributed by atoms with E-state index in [1.54, 1.807) is 0 Å². The van der Waals surface area contributed by atoms with Gasteiger partial charge in [0, 0.05) is 6.54 Å². The molecular formula is C10H19F2N. The van der Waals surface area contributed by atoms with Crippen LogP contribution in [-0.4, -0.2) is 30.5 Å². The number of nitrogens with zero attached hydrogens (tertiary/aromatic N) is 1. The van der Waals surface area contributed by atoms with Crippen LogP contribution in [0.15, 0.2) is 0 Å². The molecule has 1 rings (SSSR count). The molecule has 78 valence electrons. The van der Waals surface area contributed by atoms with Gasteiger partial charge in [0.15, 0.2) is 0 Å². The normalized spacial score (nSPS) is 22.8. The minimum atomic E-state index is -2.41. The lowest BCUT2D eigenvalue weighted by Crippen LogP contribution is -2.58. The van der Waals surface area contributed by atoms with E-state index >= 15 is 0 Å². The molecule has 1 fully saturated rings. The molecule has 0 aromatic heterocycles. The quantitative estimate of drug-likeness (QED) is 0.660. The summed E-state index contributed by atoms with van der Waals surface area (Å²) in [7, 11) is 0. The third-order valence-corrected chi connectivity index (χ3v) is 3.22. The van der Waals surface area contributed by atoms with Crippen molar-refractivity contribution >= 4 is 0 Å². The summed E-state index contributed by atoms with van der Waals surface area (Å²) in [5.41, 5.74) is 0.219. The summed E-state index contributed by atoms with van der Waals surface area (Å²) in [5.74, 6) is -2.41. The molecule has 3 heteroatoms. The lowest BCUT2D eigenvalue weighted by atomic mass is 9.83. The Bertz CT molecular complexity index is 168. The first-order valence-corrected chi connectivity index (χ1v) is 5.01. The SMILES string of the molecule is CCC(C)(CC)CN1CC(F)(F)C1. The predicted molar refractivity (Wildman–Crippen MR) is 50.1 cm³/mol. The number of rotatable bonds is 4. The van der Waals surface area contributed by atoms with Gasteiger partial charge in [-0.05, 0) is 18.3 Å². The van der Waals surface area contributed by atoms with Crippen LogP contribution in [0.4, 0.5) is 8.78 Å². The second-order valence-electron chi connectivity index (χ2n) is 4.52. The minimum Gasteiger partial charge on any atom is -0.291 e. The van der Waals surface area contributed by atoms with Crippen LogP contribution < -0.4 is 0 Å². The molecule has 1 saturated heterocycles. The number of likely N-dealkylation sites (tertiary alicyclic amines) is 1. The Kier molecular flexibility index (Phi) is 2.95.